The van der Waals surface area contributed by atoms with Crippen LogP contribution in [0.1, 0.15) is 11.1 Å². The van der Waals surface area contributed by atoms with Gasteiger partial charge in [0.2, 0.25) is 0 Å². The number of nitro benzene ring substituents is 1. The molecule has 1 N–H and O–H groups in total. The molecule has 7 nitrogen and oxygen atoms in total. The number of imide groups is 1. The maximum Gasteiger partial charge on any atom is 0.293 e. The second kappa shape index (κ2) is 7.98. The van der Waals surface area contributed by atoms with Gasteiger partial charge in [-0.05, 0) is 58.1 Å². The van der Waals surface area contributed by atoms with E-state index in [9.17, 15) is 24.8 Å². The number of amides is 2. The molecule has 0 unspecified atom stereocenters. The average Bonchev–Trinajstić information content (AvgIpc) is 2.87. The van der Waals surface area contributed by atoms with Gasteiger partial charge in [-0.1, -0.05) is 28.1 Å². The molecule has 1 heterocycles. The van der Waals surface area contributed by atoms with Crippen molar-refractivity contribution in [3.05, 3.63) is 70.6 Å². The highest BCUT2D eigenvalue weighted by atomic mass is 127. The number of thioether (sulfide) groups is 1. The summed E-state index contributed by atoms with van der Waals surface area (Å²) in [6.07, 6.45) is 1.46. The van der Waals surface area contributed by atoms with Gasteiger partial charge < -0.3 is 5.11 Å². The number of carbonyl (C=O) groups excluding carboxylic acids is 2. The van der Waals surface area contributed by atoms with Crippen LogP contribution in [0.5, 0.6) is 5.75 Å². The number of phenolic OH excluding ortho intramolecular Hbond substituents is 1. The Bertz CT molecular complexity index is 1010. The van der Waals surface area contributed by atoms with Gasteiger partial charge in [-0.15, -0.1) is 0 Å². The lowest BCUT2D eigenvalue weighted by molar-refractivity contribution is -0.384. The van der Waals surface area contributed by atoms with E-state index in [0.29, 0.717) is 14.7 Å². The fourth-order valence-corrected chi connectivity index (χ4v) is 4.80. The molecule has 1 aliphatic heterocycles. The molecule has 1 saturated heterocycles. The molecule has 1 fully saturated rings. The number of hydrogen-bond donors (Lipinski definition) is 1. The van der Waals surface area contributed by atoms with Gasteiger partial charge in [0, 0.05) is 22.2 Å². The maximum absolute atomic E-state index is 12.6. The quantitative estimate of drug-likeness (QED) is 0.247. The molecule has 27 heavy (non-hydrogen) atoms. The second-order valence-electron chi connectivity index (χ2n) is 5.52. The van der Waals surface area contributed by atoms with Crippen molar-refractivity contribution < 1.29 is 19.6 Å². The van der Waals surface area contributed by atoms with Crippen molar-refractivity contribution in [2.75, 3.05) is 0 Å². The number of carbonyl (C=O) groups is 2. The molecule has 2 aromatic rings. The summed E-state index contributed by atoms with van der Waals surface area (Å²) >= 11 is 6.06. The van der Waals surface area contributed by atoms with E-state index in [1.807, 2.05) is 22.6 Å². The van der Waals surface area contributed by atoms with Crippen molar-refractivity contribution >= 4 is 73.2 Å². The zero-order valence-electron chi connectivity index (χ0n) is 13.4. The Labute approximate surface area is 179 Å². The van der Waals surface area contributed by atoms with Crippen molar-refractivity contribution in [1.29, 1.82) is 0 Å². The number of halogens is 2. The van der Waals surface area contributed by atoms with E-state index in [2.05, 4.69) is 15.9 Å². The van der Waals surface area contributed by atoms with Gasteiger partial charge in [-0.2, -0.15) is 0 Å². The van der Waals surface area contributed by atoms with E-state index in [1.54, 1.807) is 18.2 Å². The van der Waals surface area contributed by atoms with Crippen molar-refractivity contribution in [2.24, 2.45) is 0 Å². The third-order valence-electron chi connectivity index (χ3n) is 3.68. The van der Waals surface area contributed by atoms with Crippen LogP contribution in [0.25, 0.3) is 6.08 Å². The van der Waals surface area contributed by atoms with E-state index in [4.69, 9.17) is 0 Å². The Hall–Kier alpha value is -1.92. The molecule has 0 radical (unpaired) electrons. The molecule has 0 aliphatic carbocycles. The standard InChI is InChI=1S/C17H10BrIN2O5S/c18-11-5-10(15(22)13(19)7-11)6-14-16(23)20(17(24)27-14)8-9-2-1-3-12(4-9)21(25)26/h1-7,22H,8H2/b14-6+. The predicted molar refractivity (Wildman–Crippen MR) is 113 cm³/mol. The predicted octanol–water partition coefficient (Wildman–Crippen LogP) is 4.90. The van der Waals surface area contributed by atoms with Gasteiger partial charge in [0.25, 0.3) is 16.8 Å². The first-order valence-corrected chi connectivity index (χ1v) is 10.1. The number of phenols is 1. The molecule has 2 aromatic carbocycles. The minimum absolute atomic E-state index is 0.0179. The third kappa shape index (κ3) is 4.33. The number of benzene rings is 2. The summed E-state index contributed by atoms with van der Waals surface area (Å²) in [5.41, 5.74) is 0.783. The molecular weight excluding hydrogens is 551 g/mol. The topological polar surface area (TPSA) is 101 Å². The molecule has 0 saturated carbocycles. The van der Waals surface area contributed by atoms with Crippen LogP contribution >= 0.6 is 50.3 Å². The lowest BCUT2D eigenvalue weighted by Crippen LogP contribution is -2.27. The van der Waals surface area contributed by atoms with Gasteiger partial charge in [-0.3, -0.25) is 24.6 Å². The Morgan fingerprint density at radius 1 is 1.30 bits per heavy atom. The monoisotopic (exact) mass is 560 g/mol. The molecule has 10 heteroatoms. The summed E-state index contributed by atoms with van der Waals surface area (Å²) in [5, 5.41) is 20.6. The van der Waals surface area contributed by atoms with E-state index in [1.165, 1.54) is 24.3 Å². The number of non-ortho nitro benzene ring substituents is 1. The number of nitro groups is 1. The van der Waals surface area contributed by atoms with E-state index < -0.39 is 16.1 Å². The van der Waals surface area contributed by atoms with E-state index in [-0.39, 0.29) is 22.9 Å². The van der Waals surface area contributed by atoms with Crippen molar-refractivity contribution in [2.45, 2.75) is 6.54 Å². The summed E-state index contributed by atoms with van der Waals surface area (Å²) in [4.78, 5) is 36.4. The fraction of sp³-hybridized carbons (Fsp3) is 0.0588. The Morgan fingerprint density at radius 3 is 2.74 bits per heavy atom. The minimum atomic E-state index is -0.533. The zero-order valence-corrected chi connectivity index (χ0v) is 17.9. The second-order valence-corrected chi connectivity index (χ2v) is 8.59. The Kier molecular flexibility index (Phi) is 5.86. The fourth-order valence-electron chi connectivity index (χ4n) is 2.42. The molecule has 1 aliphatic rings. The van der Waals surface area contributed by atoms with E-state index >= 15 is 0 Å². The highest BCUT2D eigenvalue weighted by Gasteiger charge is 2.35. The first-order valence-electron chi connectivity index (χ1n) is 7.43. The van der Waals surface area contributed by atoms with Gasteiger partial charge in [-0.25, -0.2) is 0 Å². The zero-order chi connectivity index (χ0) is 19.7. The number of aromatic hydroxyl groups is 1. The molecule has 2 amide bonds. The molecule has 0 spiro atoms. The highest BCUT2D eigenvalue weighted by molar-refractivity contribution is 14.1. The molecule has 138 valence electrons. The van der Waals surface area contributed by atoms with Crippen LogP contribution in [-0.4, -0.2) is 26.1 Å². The summed E-state index contributed by atoms with van der Waals surface area (Å²) in [6.45, 7) is -0.0638. The van der Waals surface area contributed by atoms with Crippen LogP contribution in [0.15, 0.2) is 45.8 Å². The van der Waals surface area contributed by atoms with Gasteiger partial charge in [0.05, 0.1) is 19.9 Å². The van der Waals surface area contributed by atoms with Crippen LogP contribution in [0.4, 0.5) is 10.5 Å². The van der Waals surface area contributed by atoms with Crippen LogP contribution in [0.2, 0.25) is 0 Å². The van der Waals surface area contributed by atoms with Crippen molar-refractivity contribution in [1.82, 2.24) is 4.90 Å². The Morgan fingerprint density at radius 2 is 2.04 bits per heavy atom. The van der Waals surface area contributed by atoms with Crippen molar-refractivity contribution in [3.8, 4) is 5.75 Å². The Balaban J connectivity index is 1.87. The lowest BCUT2D eigenvalue weighted by Gasteiger charge is -2.12. The largest absolute Gasteiger partial charge is 0.506 e. The van der Waals surface area contributed by atoms with Crippen LogP contribution < -0.4 is 0 Å². The van der Waals surface area contributed by atoms with Crippen LogP contribution in [-0.2, 0) is 11.3 Å². The van der Waals surface area contributed by atoms with E-state index in [0.717, 1.165) is 21.1 Å². The van der Waals surface area contributed by atoms with Crippen molar-refractivity contribution in [3.63, 3.8) is 0 Å². The summed E-state index contributed by atoms with van der Waals surface area (Å²) in [5.74, 6) is -0.491. The average molecular weight is 561 g/mol. The summed E-state index contributed by atoms with van der Waals surface area (Å²) < 4.78 is 1.33. The van der Waals surface area contributed by atoms with Crippen LogP contribution in [0.3, 0.4) is 0 Å². The molecule has 3 rings (SSSR count). The number of rotatable bonds is 4. The van der Waals surface area contributed by atoms with Gasteiger partial charge >= 0.3 is 0 Å². The minimum Gasteiger partial charge on any atom is -0.506 e. The van der Waals surface area contributed by atoms with Gasteiger partial charge in [0.15, 0.2) is 0 Å². The SMILES string of the molecule is O=C1S/C(=C/c2cc(Br)cc(I)c2O)C(=O)N1Cc1cccc([N+](=O)[O-])c1. The maximum atomic E-state index is 12.6. The molecular formula is C17H10BrIN2O5S. The smallest absolute Gasteiger partial charge is 0.293 e. The normalized spacial score (nSPS) is 15.6. The molecule has 0 atom stereocenters. The third-order valence-corrected chi connectivity index (χ3v) is 5.87. The molecule has 0 aromatic heterocycles. The van der Waals surface area contributed by atoms with Crippen LogP contribution in [0, 0.1) is 13.7 Å². The number of nitrogens with zero attached hydrogens (tertiary/aromatic N) is 2. The number of hydrogen-bond acceptors (Lipinski definition) is 6. The summed E-state index contributed by atoms with van der Waals surface area (Å²) in [7, 11) is 0. The van der Waals surface area contributed by atoms with Gasteiger partial charge in [0.1, 0.15) is 5.75 Å². The lowest BCUT2D eigenvalue weighted by atomic mass is 10.1. The summed E-state index contributed by atoms with van der Waals surface area (Å²) in [6, 6.07) is 9.16. The highest BCUT2D eigenvalue weighted by Crippen LogP contribution is 2.37. The first kappa shape index (κ1) is 19.8. The molecule has 0 bridgehead atoms. The first-order chi connectivity index (χ1) is 12.8.